The third-order valence-electron chi connectivity index (χ3n) is 4.49. The Hall–Kier alpha value is -1.54. The number of sulfonamides is 1. The highest BCUT2D eigenvalue weighted by atomic mass is 35.5. The summed E-state index contributed by atoms with van der Waals surface area (Å²) in [6, 6.07) is 11.6. The topological polar surface area (TPSA) is 66.5 Å². The Balaban J connectivity index is 2.17. The zero-order valence-electron chi connectivity index (χ0n) is 16.4. The molecule has 152 valence electrons. The molecule has 0 fully saturated rings. The Labute approximate surface area is 176 Å². The number of nitrogens with zero attached hydrogens (tertiary/aromatic N) is 1. The van der Waals surface area contributed by atoms with Crippen LogP contribution in [0.5, 0.6) is 0 Å². The zero-order chi connectivity index (χ0) is 20.9. The van der Waals surface area contributed by atoms with Crippen LogP contribution < -0.4 is 5.32 Å². The van der Waals surface area contributed by atoms with Gasteiger partial charge in [-0.1, -0.05) is 37.6 Å². The molecule has 0 heterocycles. The Morgan fingerprint density at radius 2 is 1.75 bits per heavy atom. The highest BCUT2D eigenvalue weighted by molar-refractivity contribution is 7.98. The van der Waals surface area contributed by atoms with Crippen molar-refractivity contribution in [1.82, 2.24) is 9.62 Å². The molecule has 0 aromatic heterocycles. The summed E-state index contributed by atoms with van der Waals surface area (Å²) in [6.45, 7) is 6.30. The van der Waals surface area contributed by atoms with Crippen molar-refractivity contribution in [2.45, 2.75) is 36.6 Å². The summed E-state index contributed by atoms with van der Waals surface area (Å²) in [5.41, 5.74) is 1.23. The van der Waals surface area contributed by atoms with Crippen LogP contribution in [0.4, 0.5) is 0 Å². The fourth-order valence-corrected chi connectivity index (χ4v) is 4.91. The molecule has 2 aromatic rings. The van der Waals surface area contributed by atoms with E-state index in [1.165, 1.54) is 16.1 Å². The van der Waals surface area contributed by atoms with E-state index in [1.807, 2.05) is 33.1 Å². The lowest BCUT2D eigenvalue weighted by Gasteiger charge is -2.19. The lowest BCUT2D eigenvalue weighted by molar-refractivity contribution is 0.0940. The molecule has 1 N–H and O–H groups in total. The molecule has 5 nitrogen and oxygen atoms in total. The number of benzene rings is 2. The molecule has 0 saturated heterocycles. The number of hydrogen-bond donors (Lipinski definition) is 1. The highest BCUT2D eigenvalue weighted by Gasteiger charge is 2.22. The lowest BCUT2D eigenvalue weighted by Crippen LogP contribution is -2.30. The fourth-order valence-electron chi connectivity index (χ4n) is 2.80. The monoisotopic (exact) mass is 440 g/mol. The first-order valence-corrected chi connectivity index (χ1v) is 12.0. The molecule has 0 aliphatic carbocycles. The molecular formula is C20H25ClN2O3S2. The minimum absolute atomic E-state index is 0.245. The van der Waals surface area contributed by atoms with Crippen molar-refractivity contribution in [3.8, 4) is 0 Å². The van der Waals surface area contributed by atoms with Crippen molar-refractivity contribution in [2.24, 2.45) is 0 Å². The van der Waals surface area contributed by atoms with Crippen molar-refractivity contribution in [2.75, 3.05) is 19.3 Å². The van der Waals surface area contributed by atoms with E-state index < -0.39 is 10.0 Å². The van der Waals surface area contributed by atoms with E-state index in [-0.39, 0.29) is 16.8 Å². The second-order valence-electron chi connectivity index (χ2n) is 6.20. The molecular weight excluding hydrogens is 416 g/mol. The molecule has 0 saturated carbocycles. The second-order valence-corrected chi connectivity index (χ2v) is 9.42. The first-order valence-electron chi connectivity index (χ1n) is 8.99. The van der Waals surface area contributed by atoms with Gasteiger partial charge in [-0.15, -0.1) is 11.8 Å². The van der Waals surface area contributed by atoms with Crippen molar-refractivity contribution in [3.05, 3.63) is 58.6 Å². The molecule has 8 heteroatoms. The van der Waals surface area contributed by atoms with Gasteiger partial charge in [-0.25, -0.2) is 8.42 Å². The SMILES string of the molecule is CCN(CC)S(=O)(=O)c1ccc(C(C)NC(=O)c2cc(SC)ccc2Cl)cc1. The van der Waals surface area contributed by atoms with Gasteiger partial charge in [0.2, 0.25) is 10.0 Å². The van der Waals surface area contributed by atoms with Crippen molar-refractivity contribution in [3.63, 3.8) is 0 Å². The highest BCUT2D eigenvalue weighted by Crippen LogP contribution is 2.24. The maximum absolute atomic E-state index is 12.6. The van der Waals surface area contributed by atoms with Crippen LogP contribution in [0.1, 0.15) is 42.7 Å². The van der Waals surface area contributed by atoms with Crippen molar-refractivity contribution >= 4 is 39.3 Å². The number of thioether (sulfide) groups is 1. The van der Waals surface area contributed by atoms with Gasteiger partial charge in [0.25, 0.3) is 5.91 Å². The predicted molar refractivity (Wildman–Crippen MR) is 116 cm³/mol. The summed E-state index contributed by atoms with van der Waals surface area (Å²) in [7, 11) is -3.50. The molecule has 2 aromatic carbocycles. The van der Waals surface area contributed by atoms with Gasteiger partial charge < -0.3 is 5.32 Å². The average molecular weight is 441 g/mol. The van der Waals surface area contributed by atoms with Crippen LogP contribution in [-0.2, 0) is 10.0 Å². The molecule has 0 aliphatic heterocycles. The van der Waals surface area contributed by atoms with E-state index in [2.05, 4.69) is 5.32 Å². The third kappa shape index (κ3) is 5.08. The lowest BCUT2D eigenvalue weighted by atomic mass is 10.1. The quantitative estimate of drug-likeness (QED) is 0.610. The molecule has 0 aliphatic rings. The molecule has 28 heavy (non-hydrogen) atoms. The van der Waals surface area contributed by atoms with E-state index in [0.29, 0.717) is 23.7 Å². The molecule has 1 amide bonds. The van der Waals surface area contributed by atoms with E-state index in [4.69, 9.17) is 11.6 Å². The van der Waals surface area contributed by atoms with E-state index in [0.717, 1.165) is 10.5 Å². The van der Waals surface area contributed by atoms with Gasteiger partial charge in [-0.3, -0.25) is 4.79 Å². The molecule has 0 radical (unpaired) electrons. The first-order chi connectivity index (χ1) is 13.2. The Bertz CT molecular complexity index is 927. The normalized spacial score (nSPS) is 12.8. The number of rotatable bonds is 8. The van der Waals surface area contributed by atoms with Gasteiger partial charge in [0.15, 0.2) is 0 Å². The standard InChI is InChI=1S/C20H25ClN2O3S2/c1-5-23(6-2)28(25,26)17-10-7-15(8-11-17)14(3)22-20(24)18-13-16(27-4)9-12-19(18)21/h7-14H,5-6H2,1-4H3,(H,22,24). The minimum Gasteiger partial charge on any atom is -0.345 e. The van der Waals surface area contributed by atoms with Crippen LogP contribution in [0, 0.1) is 0 Å². The van der Waals surface area contributed by atoms with Gasteiger partial charge >= 0.3 is 0 Å². The van der Waals surface area contributed by atoms with E-state index in [9.17, 15) is 13.2 Å². The molecule has 1 unspecified atom stereocenters. The summed E-state index contributed by atoms with van der Waals surface area (Å²) < 4.78 is 26.6. The molecule has 0 bridgehead atoms. The van der Waals surface area contributed by atoms with Crippen molar-refractivity contribution in [1.29, 1.82) is 0 Å². The predicted octanol–water partition coefficient (Wildman–Crippen LogP) is 4.58. The van der Waals surface area contributed by atoms with Crippen molar-refractivity contribution < 1.29 is 13.2 Å². The number of hydrogen-bond acceptors (Lipinski definition) is 4. The molecule has 0 spiro atoms. The van der Waals surface area contributed by atoms with Crippen LogP contribution in [0.15, 0.2) is 52.3 Å². The zero-order valence-corrected chi connectivity index (χ0v) is 18.8. The Kier molecular flexibility index (Phi) is 7.95. The van der Waals surface area contributed by atoms with Crippen LogP contribution in [0.2, 0.25) is 5.02 Å². The maximum atomic E-state index is 12.6. The first kappa shape index (κ1) is 22.7. The van der Waals surface area contributed by atoms with Gasteiger partial charge in [-0.2, -0.15) is 4.31 Å². The smallest absolute Gasteiger partial charge is 0.253 e. The second kappa shape index (κ2) is 9.78. The fraction of sp³-hybridized carbons (Fsp3) is 0.350. The van der Waals surface area contributed by atoms with Crippen LogP contribution >= 0.6 is 23.4 Å². The number of amides is 1. The molecule has 2 rings (SSSR count). The third-order valence-corrected chi connectivity index (χ3v) is 7.61. The molecule has 1 atom stereocenters. The Morgan fingerprint density at radius 1 is 1.14 bits per heavy atom. The average Bonchev–Trinajstić information content (AvgIpc) is 2.69. The largest absolute Gasteiger partial charge is 0.345 e. The summed E-state index contributed by atoms with van der Waals surface area (Å²) in [6.07, 6.45) is 1.93. The number of carbonyl (C=O) groups is 1. The van der Waals surface area contributed by atoms with Gasteiger partial charge in [0.05, 0.1) is 21.5 Å². The number of nitrogens with one attached hydrogen (secondary N) is 1. The summed E-state index contributed by atoms with van der Waals surface area (Å²) in [5, 5.41) is 3.31. The van der Waals surface area contributed by atoms with Gasteiger partial charge in [-0.05, 0) is 49.1 Å². The summed E-state index contributed by atoms with van der Waals surface area (Å²) in [5.74, 6) is -0.270. The van der Waals surface area contributed by atoms with Gasteiger partial charge in [0.1, 0.15) is 0 Å². The van der Waals surface area contributed by atoms with Crippen LogP contribution in [0.3, 0.4) is 0 Å². The number of carbonyl (C=O) groups excluding carboxylic acids is 1. The van der Waals surface area contributed by atoms with Crippen LogP contribution in [-0.4, -0.2) is 38.0 Å². The summed E-state index contributed by atoms with van der Waals surface area (Å²) >= 11 is 7.70. The Morgan fingerprint density at radius 3 is 2.29 bits per heavy atom. The van der Waals surface area contributed by atoms with Gasteiger partial charge in [0, 0.05) is 18.0 Å². The van der Waals surface area contributed by atoms with E-state index in [1.54, 1.807) is 36.4 Å². The van der Waals surface area contributed by atoms with Crippen LogP contribution in [0.25, 0.3) is 0 Å². The number of halogens is 1. The summed E-state index contributed by atoms with van der Waals surface area (Å²) in [4.78, 5) is 13.8. The minimum atomic E-state index is -3.50. The van der Waals surface area contributed by atoms with E-state index >= 15 is 0 Å². The maximum Gasteiger partial charge on any atom is 0.253 e.